The molecule has 0 amide bonds. The summed E-state index contributed by atoms with van der Waals surface area (Å²) in [6, 6.07) is 8.47. The van der Waals surface area contributed by atoms with E-state index >= 15 is 0 Å². The summed E-state index contributed by atoms with van der Waals surface area (Å²) in [5.74, 6) is 1.75. The SMILES string of the molecule is CCC(NC)c1ccccc1Oc1c(C)nn(C)c1C. The molecular formula is C16H23N3O. The molecule has 0 saturated carbocycles. The Balaban J connectivity index is 2.39. The maximum atomic E-state index is 6.15. The van der Waals surface area contributed by atoms with Crippen LogP contribution >= 0.6 is 0 Å². The second-order valence-electron chi connectivity index (χ2n) is 5.01. The van der Waals surface area contributed by atoms with Crippen molar-refractivity contribution in [2.24, 2.45) is 7.05 Å². The Hall–Kier alpha value is -1.81. The minimum Gasteiger partial charge on any atom is -0.453 e. The molecule has 1 aromatic heterocycles. The maximum Gasteiger partial charge on any atom is 0.171 e. The standard InChI is InChI=1S/C16H23N3O/c1-6-14(17-4)13-9-7-8-10-15(13)20-16-11(2)18-19(5)12(16)3/h7-10,14,17H,6H2,1-5H3. The van der Waals surface area contributed by atoms with Gasteiger partial charge in [0, 0.05) is 18.7 Å². The van der Waals surface area contributed by atoms with Gasteiger partial charge in [0.05, 0.1) is 5.69 Å². The average molecular weight is 273 g/mol. The highest BCUT2D eigenvalue weighted by atomic mass is 16.5. The number of hydrogen-bond donors (Lipinski definition) is 1. The van der Waals surface area contributed by atoms with Gasteiger partial charge in [-0.05, 0) is 33.4 Å². The molecular weight excluding hydrogens is 250 g/mol. The van der Waals surface area contributed by atoms with Crippen molar-refractivity contribution in [1.29, 1.82) is 0 Å². The Morgan fingerprint density at radius 2 is 2.00 bits per heavy atom. The molecule has 0 aliphatic heterocycles. The summed E-state index contributed by atoms with van der Waals surface area (Å²) in [6.07, 6.45) is 1.02. The van der Waals surface area contributed by atoms with Crippen LogP contribution in [-0.2, 0) is 7.05 Å². The van der Waals surface area contributed by atoms with Crippen molar-refractivity contribution in [3.8, 4) is 11.5 Å². The maximum absolute atomic E-state index is 6.15. The number of ether oxygens (including phenoxy) is 1. The Bertz CT molecular complexity index is 585. The van der Waals surface area contributed by atoms with Gasteiger partial charge in [0.15, 0.2) is 5.75 Å². The fourth-order valence-electron chi connectivity index (χ4n) is 2.45. The van der Waals surface area contributed by atoms with Crippen LogP contribution in [0.3, 0.4) is 0 Å². The van der Waals surface area contributed by atoms with Gasteiger partial charge in [0.25, 0.3) is 0 Å². The summed E-state index contributed by atoms with van der Waals surface area (Å²) in [7, 11) is 3.91. The average Bonchev–Trinajstić information content (AvgIpc) is 2.68. The van der Waals surface area contributed by atoms with Gasteiger partial charge >= 0.3 is 0 Å². The van der Waals surface area contributed by atoms with Crippen molar-refractivity contribution >= 4 is 0 Å². The van der Waals surface area contributed by atoms with Crippen molar-refractivity contribution in [3.63, 3.8) is 0 Å². The first-order valence-electron chi connectivity index (χ1n) is 7.02. The molecule has 20 heavy (non-hydrogen) atoms. The zero-order valence-corrected chi connectivity index (χ0v) is 12.9. The number of aryl methyl sites for hydroxylation is 2. The third-order valence-electron chi connectivity index (χ3n) is 3.71. The van der Waals surface area contributed by atoms with Gasteiger partial charge in [0.1, 0.15) is 11.4 Å². The van der Waals surface area contributed by atoms with Crippen LogP contribution < -0.4 is 10.1 Å². The minimum absolute atomic E-state index is 0.295. The van der Waals surface area contributed by atoms with Gasteiger partial charge in [-0.2, -0.15) is 5.10 Å². The van der Waals surface area contributed by atoms with Crippen molar-refractivity contribution in [3.05, 3.63) is 41.2 Å². The smallest absolute Gasteiger partial charge is 0.171 e. The summed E-state index contributed by atoms with van der Waals surface area (Å²) in [5, 5.41) is 7.73. The van der Waals surface area contributed by atoms with Gasteiger partial charge in [0.2, 0.25) is 0 Å². The van der Waals surface area contributed by atoms with E-state index in [1.54, 1.807) is 0 Å². The first-order chi connectivity index (χ1) is 9.58. The van der Waals surface area contributed by atoms with E-state index in [0.29, 0.717) is 6.04 Å². The lowest BCUT2D eigenvalue weighted by molar-refractivity contribution is 0.452. The van der Waals surface area contributed by atoms with Crippen LogP contribution in [0.4, 0.5) is 0 Å². The van der Waals surface area contributed by atoms with Crippen molar-refractivity contribution in [1.82, 2.24) is 15.1 Å². The predicted molar refractivity (Wildman–Crippen MR) is 81.3 cm³/mol. The van der Waals surface area contributed by atoms with E-state index < -0.39 is 0 Å². The fraction of sp³-hybridized carbons (Fsp3) is 0.438. The molecule has 0 fully saturated rings. The summed E-state index contributed by atoms with van der Waals surface area (Å²) >= 11 is 0. The second kappa shape index (κ2) is 6.09. The molecule has 4 heteroatoms. The van der Waals surface area contributed by atoms with Crippen LogP contribution in [0.2, 0.25) is 0 Å². The lowest BCUT2D eigenvalue weighted by Gasteiger charge is -2.18. The van der Waals surface area contributed by atoms with Gasteiger partial charge in [-0.3, -0.25) is 4.68 Å². The quantitative estimate of drug-likeness (QED) is 0.906. The zero-order chi connectivity index (χ0) is 14.7. The van der Waals surface area contributed by atoms with Crippen LogP contribution in [0.25, 0.3) is 0 Å². The number of nitrogens with zero attached hydrogens (tertiary/aromatic N) is 2. The highest BCUT2D eigenvalue weighted by Gasteiger charge is 2.16. The summed E-state index contributed by atoms with van der Waals surface area (Å²) in [4.78, 5) is 0. The minimum atomic E-state index is 0.295. The third-order valence-corrected chi connectivity index (χ3v) is 3.71. The highest BCUT2D eigenvalue weighted by Crippen LogP contribution is 2.33. The Labute approximate surface area is 120 Å². The molecule has 0 saturated heterocycles. The molecule has 0 aliphatic carbocycles. The number of aromatic nitrogens is 2. The molecule has 4 nitrogen and oxygen atoms in total. The van der Waals surface area contributed by atoms with E-state index in [4.69, 9.17) is 4.74 Å². The Morgan fingerprint density at radius 3 is 2.55 bits per heavy atom. The number of hydrogen-bond acceptors (Lipinski definition) is 3. The molecule has 0 spiro atoms. The van der Waals surface area contributed by atoms with E-state index in [0.717, 1.165) is 29.3 Å². The summed E-state index contributed by atoms with van der Waals surface area (Å²) < 4.78 is 8.00. The van der Waals surface area contributed by atoms with E-state index in [1.165, 1.54) is 5.56 Å². The van der Waals surface area contributed by atoms with E-state index in [2.05, 4.69) is 23.4 Å². The van der Waals surface area contributed by atoms with Crippen LogP contribution in [0.15, 0.2) is 24.3 Å². The van der Waals surface area contributed by atoms with Gasteiger partial charge in [-0.15, -0.1) is 0 Å². The van der Waals surface area contributed by atoms with Crippen LogP contribution in [0, 0.1) is 13.8 Å². The van der Waals surface area contributed by atoms with E-state index in [-0.39, 0.29) is 0 Å². The van der Waals surface area contributed by atoms with Crippen LogP contribution in [0.1, 0.15) is 36.3 Å². The topological polar surface area (TPSA) is 39.1 Å². The molecule has 1 N–H and O–H groups in total. The van der Waals surface area contributed by atoms with Crippen molar-refractivity contribution < 1.29 is 4.74 Å². The largest absolute Gasteiger partial charge is 0.453 e. The van der Waals surface area contributed by atoms with Gasteiger partial charge < -0.3 is 10.1 Å². The Morgan fingerprint density at radius 1 is 1.30 bits per heavy atom. The molecule has 2 aromatic rings. The Kier molecular flexibility index (Phi) is 4.45. The van der Waals surface area contributed by atoms with Crippen LogP contribution in [0.5, 0.6) is 11.5 Å². The number of rotatable bonds is 5. The third kappa shape index (κ3) is 2.70. The molecule has 108 valence electrons. The number of para-hydroxylation sites is 1. The highest BCUT2D eigenvalue weighted by molar-refractivity contribution is 5.42. The molecule has 0 bridgehead atoms. The molecule has 0 radical (unpaired) electrons. The summed E-state index contributed by atoms with van der Waals surface area (Å²) in [5.41, 5.74) is 3.13. The molecule has 1 atom stereocenters. The lowest BCUT2D eigenvalue weighted by atomic mass is 10.0. The van der Waals surface area contributed by atoms with Gasteiger partial charge in [-0.1, -0.05) is 25.1 Å². The number of nitrogens with one attached hydrogen (secondary N) is 1. The van der Waals surface area contributed by atoms with E-state index in [1.807, 2.05) is 50.8 Å². The molecule has 0 aliphatic rings. The monoisotopic (exact) mass is 273 g/mol. The fourth-order valence-corrected chi connectivity index (χ4v) is 2.45. The van der Waals surface area contributed by atoms with E-state index in [9.17, 15) is 0 Å². The number of benzene rings is 1. The van der Waals surface area contributed by atoms with Gasteiger partial charge in [-0.25, -0.2) is 0 Å². The van der Waals surface area contributed by atoms with Crippen molar-refractivity contribution in [2.75, 3.05) is 7.05 Å². The molecule has 1 unspecified atom stereocenters. The molecule has 1 aromatic carbocycles. The normalized spacial score (nSPS) is 12.4. The zero-order valence-electron chi connectivity index (χ0n) is 12.9. The molecule has 1 heterocycles. The molecule has 2 rings (SSSR count). The second-order valence-corrected chi connectivity index (χ2v) is 5.01. The first kappa shape index (κ1) is 14.6. The predicted octanol–water partition coefficient (Wildman–Crippen LogP) is 3.50. The van der Waals surface area contributed by atoms with Crippen LogP contribution in [-0.4, -0.2) is 16.8 Å². The lowest BCUT2D eigenvalue weighted by Crippen LogP contribution is -2.15. The summed E-state index contributed by atoms with van der Waals surface area (Å²) in [6.45, 7) is 6.16. The first-order valence-corrected chi connectivity index (χ1v) is 7.02. The van der Waals surface area contributed by atoms with Crippen molar-refractivity contribution in [2.45, 2.75) is 33.2 Å².